The maximum Gasteiger partial charge on any atom is 0.340 e. The fraction of sp³-hybridized carbons (Fsp3) is 0.500. The molecule has 1 aromatic heterocycles. The Kier molecular flexibility index (Phi) is 11.5. The molecule has 6 unspecified atom stereocenters. The van der Waals surface area contributed by atoms with Crippen LogP contribution in [-0.2, 0) is 33.8 Å². The van der Waals surface area contributed by atoms with Gasteiger partial charge in [-0.1, -0.05) is 18.2 Å². The molecule has 6 heterocycles. The molecule has 5 aliphatic rings. The number of carbonyl (C=O) groups is 4. The summed E-state index contributed by atoms with van der Waals surface area (Å²) in [5.41, 5.74) is -1.91. The van der Waals surface area contributed by atoms with Gasteiger partial charge in [0.2, 0.25) is 0 Å². The van der Waals surface area contributed by atoms with E-state index in [-0.39, 0.29) is 70.5 Å². The zero-order valence-electron chi connectivity index (χ0n) is 34.9. The second-order valence-corrected chi connectivity index (χ2v) is 18.8. The normalized spacial score (nSPS) is 25.7. The molecular weight excluding hydrogens is 807 g/mol. The second kappa shape index (κ2) is 16.4. The number of nitrogens with zero attached hydrogens (tertiary/aromatic N) is 6. The third kappa shape index (κ3) is 8.44. The first-order chi connectivity index (χ1) is 28.8. The van der Waals surface area contributed by atoms with Crippen molar-refractivity contribution in [1.29, 1.82) is 10.5 Å². The van der Waals surface area contributed by atoms with Gasteiger partial charge in [0.25, 0.3) is 10.0 Å². The van der Waals surface area contributed by atoms with E-state index >= 15 is 0 Å². The zero-order valence-corrected chi connectivity index (χ0v) is 35.7. The van der Waals surface area contributed by atoms with Gasteiger partial charge < -0.3 is 34.2 Å². The number of fused-ring (bicyclic) bond motifs is 2. The summed E-state index contributed by atoms with van der Waals surface area (Å²) in [6.07, 6.45) is 0.582. The van der Waals surface area contributed by atoms with Gasteiger partial charge in [-0.3, -0.25) is 5.32 Å². The van der Waals surface area contributed by atoms with E-state index in [0.717, 1.165) is 0 Å². The van der Waals surface area contributed by atoms with Crippen molar-refractivity contribution in [2.45, 2.75) is 63.8 Å². The monoisotopic (exact) mass is 855 g/mol. The lowest BCUT2D eigenvalue weighted by atomic mass is 9.86. The van der Waals surface area contributed by atoms with E-state index in [0.29, 0.717) is 50.1 Å². The summed E-state index contributed by atoms with van der Waals surface area (Å²) in [4.78, 5) is 63.9. The summed E-state index contributed by atoms with van der Waals surface area (Å²) in [5, 5.41) is 26.9. The maximum atomic E-state index is 14.3. The molecule has 6 atom stereocenters. The number of sulfonamides is 1. The van der Waals surface area contributed by atoms with E-state index in [1.165, 1.54) is 36.1 Å². The van der Waals surface area contributed by atoms with E-state index in [1.54, 1.807) is 52.8 Å². The summed E-state index contributed by atoms with van der Waals surface area (Å²) >= 11 is 0. The number of rotatable bonds is 9. The van der Waals surface area contributed by atoms with Crippen LogP contribution in [0.25, 0.3) is 0 Å². The molecule has 1 aromatic carbocycles. The smallest absolute Gasteiger partial charge is 0.340 e. The third-order valence-electron chi connectivity index (χ3n) is 11.8. The summed E-state index contributed by atoms with van der Waals surface area (Å²) in [6.45, 7) is 12.9. The number of ether oxygens (including phenoxy) is 3. The fourth-order valence-electron chi connectivity index (χ4n) is 8.73. The fourth-order valence-corrected chi connectivity index (χ4v) is 9.73. The van der Waals surface area contributed by atoms with Gasteiger partial charge in [-0.05, 0) is 71.7 Å². The van der Waals surface area contributed by atoms with E-state index in [1.807, 2.05) is 9.80 Å². The molecule has 0 saturated carbocycles. The lowest BCUT2D eigenvalue weighted by molar-refractivity contribution is -0.164. The molecule has 0 aliphatic carbocycles. The van der Waals surface area contributed by atoms with Crippen LogP contribution < -0.4 is 20.3 Å². The van der Waals surface area contributed by atoms with Crippen LogP contribution in [0.1, 0.15) is 56.2 Å². The minimum Gasteiger partial charge on any atom is -0.462 e. The molecule has 0 bridgehead atoms. The minimum absolute atomic E-state index is 0.0120. The van der Waals surface area contributed by atoms with Crippen molar-refractivity contribution in [3.63, 3.8) is 0 Å². The Morgan fingerprint density at radius 3 is 2.26 bits per heavy atom. The topological polar surface area (TPSA) is 236 Å². The zero-order chi connectivity index (χ0) is 44.0. The molecule has 18 nitrogen and oxygen atoms in total. The predicted molar refractivity (Wildman–Crippen MR) is 217 cm³/mol. The van der Waals surface area contributed by atoms with E-state index in [2.05, 4.69) is 32.5 Å². The highest BCUT2D eigenvalue weighted by Crippen LogP contribution is 2.39. The highest BCUT2D eigenvalue weighted by atomic mass is 32.2. The number of aromatic nitrogens is 1. The predicted octanol–water partition coefficient (Wildman–Crippen LogP) is 2.29. The number of dihydropyridines is 1. The molecule has 0 spiro atoms. The lowest BCUT2D eigenvalue weighted by Gasteiger charge is -2.40. The average Bonchev–Trinajstić information content (AvgIpc) is 3.99. The Labute approximate surface area is 354 Å². The standard InChI is InChI=1S/C42H49N9O9S/c1-7-58-37(52)31-13-25(15-43)34(46-24(31)2)50-18-27-17-45-36(32(27)23-50)59-38(53)33-14-26(16-44)35(47-42(33,6)39(54)60-41(3,4)5)49-19-28-21-51(22-29(28)20-49)40(55)48-61(56,57)30-11-9-8-10-12-30/h8-14,27-29,32,36,45,47H,7,17-23H2,1-6H3,(H,48,55). The molecule has 4 fully saturated rings. The summed E-state index contributed by atoms with van der Waals surface area (Å²) in [5.74, 6) is -1.79. The number of nitrogens with one attached hydrogen (secondary N) is 3. The van der Waals surface area contributed by atoms with Crippen molar-refractivity contribution in [2.24, 2.45) is 23.7 Å². The van der Waals surface area contributed by atoms with Gasteiger partial charge in [0.1, 0.15) is 29.4 Å². The maximum absolute atomic E-state index is 14.3. The summed E-state index contributed by atoms with van der Waals surface area (Å²) in [7, 11) is -4.07. The molecular formula is C42H49N9O9S. The molecule has 61 heavy (non-hydrogen) atoms. The van der Waals surface area contributed by atoms with Crippen molar-refractivity contribution in [1.82, 2.24) is 30.1 Å². The van der Waals surface area contributed by atoms with Crippen LogP contribution in [0.5, 0.6) is 0 Å². The lowest BCUT2D eigenvalue weighted by Crippen LogP contribution is -2.59. The number of allylic oxidation sites excluding steroid dienone is 2. The molecule has 2 aromatic rings. The Balaban J connectivity index is 1.08. The number of pyridine rings is 1. The van der Waals surface area contributed by atoms with Crippen LogP contribution in [-0.4, -0.2) is 117 Å². The van der Waals surface area contributed by atoms with Crippen LogP contribution in [0.2, 0.25) is 0 Å². The number of esters is 3. The van der Waals surface area contributed by atoms with Crippen LogP contribution in [0.3, 0.4) is 0 Å². The number of benzene rings is 1. The van der Waals surface area contributed by atoms with Crippen molar-refractivity contribution in [3.05, 3.63) is 76.3 Å². The number of aryl methyl sites for hydroxylation is 1. The van der Waals surface area contributed by atoms with Gasteiger partial charge in [0, 0.05) is 63.6 Å². The van der Waals surface area contributed by atoms with Gasteiger partial charge >= 0.3 is 23.9 Å². The largest absolute Gasteiger partial charge is 0.462 e. The van der Waals surface area contributed by atoms with E-state index in [4.69, 9.17) is 14.2 Å². The first kappa shape index (κ1) is 42.9. The third-order valence-corrected chi connectivity index (χ3v) is 13.1. The number of carbonyl (C=O) groups excluding carboxylic acids is 4. The Bertz CT molecular complexity index is 2390. The van der Waals surface area contributed by atoms with Crippen LogP contribution in [0.15, 0.2) is 64.3 Å². The SMILES string of the molecule is CCOC(=O)c1cc(C#N)c(N2CC3CNC(OC(=O)C4=CC(C#N)=C(N5CC6CN(C(=O)NS(=O)(=O)c7ccccc7)CC6C5)NC4(C)C(=O)OC(C)(C)C)C3C2)nc1C. The van der Waals surface area contributed by atoms with Crippen molar-refractivity contribution < 1.29 is 41.8 Å². The van der Waals surface area contributed by atoms with Crippen LogP contribution in [0, 0.1) is 53.3 Å². The number of nitriles is 2. The summed E-state index contributed by atoms with van der Waals surface area (Å²) in [6, 6.07) is 12.7. The van der Waals surface area contributed by atoms with Gasteiger partial charge in [-0.15, -0.1) is 0 Å². The second-order valence-electron chi connectivity index (χ2n) is 17.1. The first-order valence-corrected chi connectivity index (χ1v) is 21.6. The molecule has 7 rings (SSSR count). The molecule has 0 radical (unpaired) electrons. The molecule has 19 heteroatoms. The van der Waals surface area contributed by atoms with E-state index < -0.39 is 51.3 Å². The Morgan fingerprint density at radius 1 is 0.967 bits per heavy atom. The number of anilines is 1. The van der Waals surface area contributed by atoms with E-state index in [9.17, 15) is 38.1 Å². The first-order valence-electron chi connectivity index (χ1n) is 20.1. The van der Waals surface area contributed by atoms with Gasteiger partial charge in [-0.25, -0.2) is 37.3 Å². The van der Waals surface area contributed by atoms with Gasteiger partial charge in [0.15, 0.2) is 11.8 Å². The van der Waals surface area contributed by atoms with Crippen molar-refractivity contribution in [3.8, 4) is 12.1 Å². The van der Waals surface area contributed by atoms with Crippen LogP contribution in [0.4, 0.5) is 10.6 Å². The van der Waals surface area contributed by atoms with Crippen LogP contribution >= 0.6 is 0 Å². The number of urea groups is 1. The minimum atomic E-state index is -4.07. The van der Waals surface area contributed by atoms with Gasteiger partial charge in [-0.2, -0.15) is 10.5 Å². The molecule has 2 amide bonds. The summed E-state index contributed by atoms with van der Waals surface area (Å²) < 4.78 is 44.9. The molecule has 322 valence electrons. The highest BCUT2D eigenvalue weighted by molar-refractivity contribution is 7.90. The number of hydrogen-bond acceptors (Lipinski definition) is 16. The number of likely N-dealkylation sites (tertiary alicyclic amines) is 2. The van der Waals surface area contributed by atoms with Crippen molar-refractivity contribution in [2.75, 3.05) is 57.3 Å². The highest BCUT2D eigenvalue weighted by Gasteiger charge is 2.52. The molecule has 5 aliphatic heterocycles. The van der Waals surface area contributed by atoms with Gasteiger partial charge in [0.05, 0.1) is 39.5 Å². The Hall–Kier alpha value is -6.18. The molecule has 3 N–H and O–H groups in total. The quantitative estimate of drug-likeness (QED) is 0.242. The number of hydrogen-bond donors (Lipinski definition) is 3. The molecule has 4 saturated heterocycles. The van der Waals surface area contributed by atoms with Crippen molar-refractivity contribution >= 4 is 39.8 Å². The average molecular weight is 856 g/mol. The number of amides is 2. The Morgan fingerprint density at radius 2 is 1.64 bits per heavy atom.